The van der Waals surface area contributed by atoms with E-state index >= 15 is 0 Å². The van der Waals surface area contributed by atoms with E-state index in [1.54, 1.807) is 18.7 Å². The maximum atomic E-state index is 12.7. The number of benzene rings is 2. The third-order valence-electron chi connectivity index (χ3n) is 5.81. The first-order chi connectivity index (χ1) is 14.6. The number of aromatic nitrogens is 1. The normalized spacial score (nSPS) is 14.6. The van der Waals surface area contributed by atoms with Gasteiger partial charge in [-0.1, -0.05) is 36.4 Å². The zero-order chi connectivity index (χ0) is 21.1. The summed E-state index contributed by atoms with van der Waals surface area (Å²) in [6.07, 6.45) is 1.81. The maximum Gasteiger partial charge on any atom is 0.270 e. The Balaban J connectivity index is 1.52. The molecule has 2 aromatic carbocycles. The molecular weight excluding hydrogens is 378 g/mol. The molecule has 1 aliphatic heterocycles. The topological polar surface area (TPSA) is 67.5 Å². The SMILES string of the molecule is COc1ccccc1COC1CCN(c2c(C#N)c(=O)n(C)c3ccccc23)CC1. The number of nitriles is 1. The van der Waals surface area contributed by atoms with E-state index in [0.29, 0.717) is 6.61 Å². The van der Waals surface area contributed by atoms with E-state index in [0.717, 1.165) is 53.8 Å². The van der Waals surface area contributed by atoms with Gasteiger partial charge in [0.15, 0.2) is 0 Å². The Hall–Kier alpha value is -3.30. The highest BCUT2D eigenvalue weighted by atomic mass is 16.5. The van der Waals surface area contributed by atoms with Crippen molar-refractivity contribution in [3.8, 4) is 11.8 Å². The van der Waals surface area contributed by atoms with Gasteiger partial charge in [-0.3, -0.25) is 4.79 Å². The van der Waals surface area contributed by atoms with E-state index in [4.69, 9.17) is 9.47 Å². The maximum absolute atomic E-state index is 12.7. The average molecular weight is 403 g/mol. The van der Waals surface area contributed by atoms with Crippen LogP contribution in [0.5, 0.6) is 5.75 Å². The molecule has 3 aromatic rings. The van der Waals surface area contributed by atoms with Crippen molar-refractivity contribution >= 4 is 16.6 Å². The Morgan fingerprint density at radius 3 is 2.53 bits per heavy atom. The highest BCUT2D eigenvalue weighted by Gasteiger charge is 2.25. The van der Waals surface area contributed by atoms with Crippen LogP contribution in [0, 0.1) is 11.3 Å². The van der Waals surface area contributed by atoms with Crippen LogP contribution in [0.2, 0.25) is 0 Å². The second-order valence-corrected chi connectivity index (χ2v) is 7.53. The number of para-hydroxylation sites is 2. The monoisotopic (exact) mass is 403 g/mol. The van der Waals surface area contributed by atoms with Crippen LogP contribution in [0.3, 0.4) is 0 Å². The number of methoxy groups -OCH3 is 1. The van der Waals surface area contributed by atoms with Gasteiger partial charge in [-0.15, -0.1) is 0 Å². The first-order valence-electron chi connectivity index (χ1n) is 10.1. The Morgan fingerprint density at radius 2 is 1.80 bits per heavy atom. The zero-order valence-electron chi connectivity index (χ0n) is 17.3. The summed E-state index contributed by atoms with van der Waals surface area (Å²) in [5.74, 6) is 0.834. The fraction of sp³-hybridized carbons (Fsp3) is 0.333. The van der Waals surface area contributed by atoms with Crippen molar-refractivity contribution in [2.24, 2.45) is 7.05 Å². The molecule has 0 N–H and O–H groups in total. The molecule has 0 bridgehead atoms. The van der Waals surface area contributed by atoms with Gasteiger partial charge in [0.25, 0.3) is 5.56 Å². The van der Waals surface area contributed by atoms with Gasteiger partial charge >= 0.3 is 0 Å². The molecule has 30 heavy (non-hydrogen) atoms. The summed E-state index contributed by atoms with van der Waals surface area (Å²) in [7, 11) is 3.38. The molecule has 0 amide bonds. The molecule has 2 heterocycles. The number of pyridine rings is 1. The van der Waals surface area contributed by atoms with Crippen molar-refractivity contribution < 1.29 is 9.47 Å². The summed E-state index contributed by atoms with van der Waals surface area (Å²) >= 11 is 0. The van der Waals surface area contributed by atoms with Crippen LogP contribution >= 0.6 is 0 Å². The number of nitrogens with zero attached hydrogens (tertiary/aromatic N) is 3. The first kappa shape index (κ1) is 20.0. The van der Waals surface area contributed by atoms with Gasteiger partial charge in [-0.25, -0.2) is 0 Å². The molecule has 154 valence electrons. The summed E-state index contributed by atoms with van der Waals surface area (Å²) in [5, 5.41) is 10.6. The fourth-order valence-corrected chi connectivity index (χ4v) is 4.18. The minimum absolute atomic E-state index is 0.134. The molecular formula is C24H25N3O3. The number of aryl methyl sites for hydroxylation is 1. The molecule has 1 saturated heterocycles. The van der Waals surface area contributed by atoms with E-state index < -0.39 is 0 Å². The van der Waals surface area contributed by atoms with Crippen LogP contribution in [0.1, 0.15) is 24.0 Å². The van der Waals surface area contributed by atoms with E-state index in [2.05, 4.69) is 11.0 Å². The summed E-state index contributed by atoms with van der Waals surface area (Å²) in [6, 6.07) is 17.8. The molecule has 6 nitrogen and oxygen atoms in total. The van der Waals surface area contributed by atoms with Crippen LogP contribution < -0.4 is 15.2 Å². The van der Waals surface area contributed by atoms with Gasteiger partial charge < -0.3 is 18.9 Å². The van der Waals surface area contributed by atoms with E-state index in [-0.39, 0.29) is 17.2 Å². The molecule has 0 aliphatic carbocycles. The Bertz CT molecular complexity index is 1150. The zero-order valence-corrected chi connectivity index (χ0v) is 17.3. The molecule has 6 heteroatoms. The van der Waals surface area contributed by atoms with Crippen molar-refractivity contribution in [2.45, 2.75) is 25.6 Å². The molecule has 1 aliphatic rings. The van der Waals surface area contributed by atoms with Crippen molar-refractivity contribution in [1.29, 1.82) is 5.26 Å². The third kappa shape index (κ3) is 3.64. The van der Waals surface area contributed by atoms with Crippen molar-refractivity contribution in [3.05, 3.63) is 70.0 Å². The predicted molar refractivity (Wildman–Crippen MR) is 117 cm³/mol. The number of ether oxygens (including phenoxy) is 2. The molecule has 1 aromatic heterocycles. The first-order valence-corrected chi connectivity index (χ1v) is 10.1. The lowest BCUT2D eigenvalue weighted by Crippen LogP contribution is -2.39. The van der Waals surface area contributed by atoms with Crippen LogP contribution in [0.25, 0.3) is 10.9 Å². The average Bonchev–Trinajstić information content (AvgIpc) is 2.80. The number of anilines is 1. The minimum Gasteiger partial charge on any atom is -0.496 e. The van der Waals surface area contributed by atoms with Gasteiger partial charge in [0.1, 0.15) is 17.4 Å². The summed E-state index contributed by atoms with van der Waals surface area (Å²) in [6.45, 7) is 1.98. The number of rotatable bonds is 5. The summed E-state index contributed by atoms with van der Waals surface area (Å²) in [5.41, 5.74) is 2.59. The number of fused-ring (bicyclic) bond motifs is 1. The van der Waals surface area contributed by atoms with E-state index in [1.807, 2.05) is 48.5 Å². The van der Waals surface area contributed by atoms with Crippen molar-refractivity contribution in [3.63, 3.8) is 0 Å². The lowest BCUT2D eigenvalue weighted by atomic mass is 10.0. The summed E-state index contributed by atoms with van der Waals surface area (Å²) in [4.78, 5) is 14.9. The molecule has 4 rings (SSSR count). The Morgan fingerprint density at radius 1 is 1.10 bits per heavy atom. The minimum atomic E-state index is -0.249. The highest BCUT2D eigenvalue weighted by molar-refractivity contribution is 5.94. The second-order valence-electron chi connectivity index (χ2n) is 7.53. The highest BCUT2D eigenvalue weighted by Crippen LogP contribution is 2.31. The molecule has 0 spiro atoms. The van der Waals surface area contributed by atoms with Gasteiger partial charge in [0, 0.05) is 31.1 Å². The summed E-state index contributed by atoms with van der Waals surface area (Å²) < 4.78 is 13.1. The predicted octanol–water partition coefficient (Wildman–Crippen LogP) is 3.60. The smallest absolute Gasteiger partial charge is 0.270 e. The number of piperidine rings is 1. The third-order valence-corrected chi connectivity index (χ3v) is 5.81. The molecule has 0 radical (unpaired) electrons. The molecule has 0 saturated carbocycles. The standard InChI is InChI=1S/C24H25N3O3/c1-26-21-9-5-4-8-19(21)23(20(15-25)24(26)28)27-13-11-18(12-14-27)30-16-17-7-3-6-10-22(17)29-2/h3-10,18H,11-14,16H2,1-2H3. The Labute approximate surface area is 175 Å². The quantitative estimate of drug-likeness (QED) is 0.651. The van der Waals surface area contributed by atoms with Crippen LogP contribution in [0.15, 0.2) is 53.3 Å². The van der Waals surface area contributed by atoms with Crippen molar-refractivity contribution in [1.82, 2.24) is 4.57 Å². The molecule has 0 atom stereocenters. The molecule has 0 unspecified atom stereocenters. The van der Waals surface area contributed by atoms with Gasteiger partial charge in [0.05, 0.1) is 31.0 Å². The van der Waals surface area contributed by atoms with Crippen LogP contribution in [0.4, 0.5) is 5.69 Å². The Kier molecular flexibility index (Phi) is 5.73. The van der Waals surface area contributed by atoms with Gasteiger partial charge in [-0.05, 0) is 25.0 Å². The number of hydrogen-bond acceptors (Lipinski definition) is 5. The largest absolute Gasteiger partial charge is 0.496 e. The second kappa shape index (κ2) is 8.60. The molecule has 1 fully saturated rings. The lowest BCUT2D eigenvalue weighted by molar-refractivity contribution is 0.0242. The lowest BCUT2D eigenvalue weighted by Gasteiger charge is -2.34. The van der Waals surface area contributed by atoms with Crippen LogP contribution in [-0.4, -0.2) is 30.9 Å². The van der Waals surface area contributed by atoms with E-state index in [1.165, 1.54) is 0 Å². The fourth-order valence-electron chi connectivity index (χ4n) is 4.18. The number of hydrogen-bond donors (Lipinski definition) is 0. The van der Waals surface area contributed by atoms with Gasteiger partial charge in [-0.2, -0.15) is 5.26 Å². The van der Waals surface area contributed by atoms with Crippen molar-refractivity contribution in [2.75, 3.05) is 25.1 Å². The van der Waals surface area contributed by atoms with E-state index in [9.17, 15) is 10.1 Å². The van der Waals surface area contributed by atoms with Crippen LogP contribution in [-0.2, 0) is 18.4 Å². The van der Waals surface area contributed by atoms with Gasteiger partial charge in [0.2, 0.25) is 0 Å².